The van der Waals surface area contributed by atoms with E-state index in [-0.39, 0.29) is 22.9 Å². The Bertz CT molecular complexity index is 1440. The fraction of sp³-hybridized carbons (Fsp3) is 0.393. The van der Waals surface area contributed by atoms with Gasteiger partial charge in [0.05, 0.1) is 43.6 Å². The van der Waals surface area contributed by atoms with Crippen molar-refractivity contribution >= 4 is 15.8 Å². The van der Waals surface area contributed by atoms with E-state index >= 15 is 0 Å². The van der Waals surface area contributed by atoms with Crippen LogP contribution in [0.5, 0.6) is 17.5 Å². The zero-order valence-corrected chi connectivity index (χ0v) is 22.7. The van der Waals surface area contributed by atoms with Gasteiger partial charge in [-0.2, -0.15) is 8.42 Å². The van der Waals surface area contributed by atoms with Gasteiger partial charge in [-0.25, -0.2) is 9.97 Å². The Morgan fingerprint density at radius 2 is 1.71 bits per heavy atom. The van der Waals surface area contributed by atoms with Crippen molar-refractivity contribution in [1.29, 1.82) is 0 Å². The minimum atomic E-state index is -3.89. The van der Waals surface area contributed by atoms with Gasteiger partial charge >= 0.3 is 6.01 Å². The van der Waals surface area contributed by atoms with E-state index in [0.717, 1.165) is 28.0 Å². The molecule has 200 valence electrons. The smallest absolute Gasteiger partial charge is 0.316 e. The summed E-state index contributed by atoms with van der Waals surface area (Å²) in [6.45, 7) is 4.32. The van der Waals surface area contributed by atoms with Crippen LogP contribution in [0.3, 0.4) is 0 Å². The predicted octanol–water partition coefficient (Wildman–Crippen LogP) is 4.46. The van der Waals surface area contributed by atoms with Gasteiger partial charge in [0.15, 0.2) is 11.5 Å². The van der Waals surface area contributed by atoms with Crippen molar-refractivity contribution in [3.05, 3.63) is 71.0 Å². The second kappa shape index (κ2) is 10.7. The Morgan fingerprint density at radius 3 is 2.37 bits per heavy atom. The van der Waals surface area contributed by atoms with Crippen LogP contribution in [-0.4, -0.2) is 57.1 Å². The number of fused-ring (bicyclic) bond motifs is 3. The second-order valence-corrected chi connectivity index (χ2v) is 11.0. The molecule has 38 heavy (non-hydrogen) atoms. The molecule has 2 heterocycles. The molecule has 0 amide bonds. The summed E-state index contributed by atoms with van der Waals surface area (Å²) in [5.41, 5.74) is 4.40. The molecule has 3 aromatic rings. The Balaban J connectivity index is 1.51. The van der Waals surface area contributed by atoms with Crippen LogP contribution < -0.4 is 14.2 Å². The SMILES string of the molecule is CCOc1cc2c(cc1OC)C(c1cnc(OC)nc1)=N[C@@H]1CC[C@@H](OS(=O)(=O)c3ccc(C)cc3)C[C@H]21. The van der Waals surface area contributed by atoms with Crippen molar-refractivity contribution in [2.75, 3.05) is 20.8 Å². The quantitative estimate of drug-likeness (QED) is 0.388. The number of nitrogens with zero attached hydrogens (tertiary/aromatic N) is 3. The summed E-state index contributed by atoms with van der Waals surface area (Å²) in [7, 11) is -0.767. The minimum Gasteiger partial charge on any atom is -0.493 e. The normalized spacial score (nSPS) is 20.6. The monoisotopic (exact) mass is 537 g/mol. The van der Waals surface area contributed by atoms with E-state index in [2.05, 4.69) is 9.97 Å². The predicted molar refractivity (Wildman–Crippen MR) is 142 cm³/mol. The van der Waals surface area contributed by atoms with Crippen LogP contribution in [0, 0.1) is 6.92 Å². The molecule has 0 bridgehead atoms. The van der Waals surface area contributed by atoms with Crippen LogP contribution in [0.1, 0.15) is 54.4 Å². The third-order valence-electron chi connectivity index (χ3n) is 7.01. The Hall–Kier alpha value is -3.50. The van der Waals surface area contributed by atoms with Gasteiger partial charge < -0.3 is 14.2 Å². The molecule has 1 aromatic heterocycles. The molecule has 9 nitrogen and oxygen atoms in total. The highest BCUT2D eigenvalue weighted by molar-refractivity contribution is 7.86. The molecule has 2 aromatic carbocycles. The van der Waals surface area contributed by atoms with Crippen molar-refractivity contribution in [3.8, 4) is 17.5 Å². The third-order valence-corrected chi connectivity index (χ3v) is 8.38. The maximum absolute atomic E-state index is 13.0. The van der Waals surface area contributed by atoms with Crippen molar-refractivity contribution in [2.45, 2.75) is 56.1 Å². The highest BCUT2D eigenvalue weighted by Gasteiger charge is 2.39. The van der Waals surface area contributed by atoms with E-state index < -0.39 is 16.2 Å². The first-order valence-corrected chi connectivity index (χ1v) is 14.0. The number of benzene rings is 2. The lowest BCUT2D eigenvalue weighted by Gasteiger charge is -2.38. The molecule has 1 aliphatic heterocycles. The van der Waals surface area contributed by atoms with Gasteiger partial charge in [-0.1, -0.05) is 17.7 Å². The number of aliphatic imine (C=N–C) groups is 1. The van der Waals surface area contributed by atoms with Gasteiger partial charge in [0.25, 0.3) is 10.1 Å². The van der Waals surface area contributed by atoms with Gasteiger partial charge in [0.1, 0.15) is 0 Å². The van der Waals surface area contributed by atoms with E-state index in [1.807, 2.05) is 26.0 Å². The van der Waals surface area contributed by atoms with Gasteiger partial charge in [-0.05, 0) is 62.9 Å². The molecule has 3 atom stereocenters. The highest BCUT2D eigenvalue weighted by Crippen LogP contribution is 2.46. The number of aryl methyl sites for hydroxylation is 1. The van der Waals surface area contributed by atoms with Gasteiger partial charge in [-0.3, -0.25) is 9.18 Å². The molecule has 1 saturated carbocycles. The number of hydrogen-bond donors (Lipinski definition) is 0. The average Bonchev–Trinajstić information content (AvgIpc) is 2.92. The van der Waals surface area contributed by atoms with Crippen LogP contribution in [0.15, 0.2) is 58.7 Å². The molecular formula is C28H31N3O6S. The molecule has 0 N–H and O–H groups in total. The van der Waals surface area contributed by atoms with Crippen molar-refractivity contribution in [1.82, 2.24) is 9.97 Å². The summed E-state index contributed by atoms with van der Waals surface area (Å²) in [6.07, 6.45) is 4.69. The molecule has 1 aliphatic carbocycles. The third kappa shape index (κ3) is 5.10. The Kier molecular flexibility index (Phi) is 7.36. The molecule has 2 aliphatic rings. The zero-order valence-electron chi connectivity index (χ0n) is 21.9. The summed E-state index contributed by atoms with van der Waals surface area (Å²) in [6, 6.07) is 10.8. The first-order valence-electron chi connectivity index (χ1n) is 12.6. The zero-order chi connectivity index (χ0) is 26.9. The Labute approximate surface area is 223 Å². The second-order valence-electron chi connectivity index (χ2n) is 9.43. The summed E-state index contributed by atoms with van der Waals surface area (Å²) in [4.78, 5) is 13.8. The number of ether oxygens (including phenoxy) is 3. The molecule has 0 spiro atoms. The van der Waals surface area contributed by atoms with Crippen molar-refractivity contribution < 1.29 is 26.8 Å². The van der Waals surface area contributed by atoms with Crippen LogP contribution in [-0.2, 0) is 14.3 Å². The topological polar surface area (TPSA) is 109 Å². The minimum absolute atomic E-state index is 0.0509. The molecule has 0 radical (unpaired) electrons. The number of hydrogen-bond acceptors (Lipinski definition) is 9. The lowest BCUT2D eigenvalue weighted by Crippen LogP contribution is -2.36. The highest BCUT2D eigenvalue weighted by atomic mass is 32.2. The molecule has 0 saturated heterocycles. The summed E-state index contributed by atoms with van der Waals surface area (Å²) in [5, 5.41) is 0. The molecule has 10 heteroatoms. The van der Waals surface area contributed by atoms with Crippen LogP contribution in [0.4, 0.5) is 0 Å². The first kappa shape index (κ1) is 26.1. The molecule has 5 rings (SSSR count). The van der Waals surface area contributed by atoms with Crippen LogP contribution >= 0.6 is 0 Å². The van der Waals surface area contributed by atoms with E-state index in [9.17, 15) is 8.42 Å². The Morgan fingerprint density at radius 1 is 0.974 bits per heavy atom. The summed E-state index contributed by atoms with van der Waals surface area (Å²) in [5.74, 6) is 1.18. The average molecular weight is 538 g/mol. The first-order chi connectivity index (χ1) is 18.3. The van der Waals surface area contributed by atoms with Gasteiger partial charge in [-0.15, -0.1) is 0 Å². The summed E-state index contributed by atoms with van der Waals surface area (Å²) >= 11 is 0. The standard InChI is InChI=1S/C28H31N3O6S/c1-5-36-26-13-21-22-12-19(37-38(32,33)20-9-6-17(2)7-10-20)8-11-24(22)31-27(23(21)14-25(26)34-3)18-15-29-28(35-4)30-16-18/h6-7,9-10,13-16,19,22,24H,5,8,11-12H2,1-4H3/t19-,22-,24-/m1/s1. The van der Waals surface area contributed by atoms with E-state index in [4.69, 9.17) is 23.4 Å². The van der Waals surface area contributed by atoms with Gasteiger partial charge in [0.2, 0.25) is 0 Å². The summed E-state index contributed by atoms with van der Waals surface area (Å²) < 4.78 is 48.4. The maximum atomic E-state index is 13.0. The van der Waals surface area contributed by atoms with E-state index in [1.165, 1.54) is 7.11 Å². The fourth-order valence-corrected chi connectivity index (χ4v) is 6.27. The van der Waals surface area contributed by atoms with Gasteiger partial charge in [0, 0.05) is 29.4 Å². The molecule has 1 fully saturated rings. The van der Waals surface area contributed by atoms with Crippen molar-refractivity contribution in [2.24, 2.45) is 4.99 Å². The molecule has 0 unspecified atom stereocenters. The van der Waals surface area contributed by atoms with E-state index in [1.54, 1.807) is 43.8 Å². The van der Waals surface area contributed by atoms with Crippen LogP contribution in [0.25, 0.3) is 0 Å². The number of methoxy groups -OCH3 is 2. The number of rotatable bonds is 8. The van der Waals surface area contributed by atoms with Crippen molar-refractivity contribution in [3.63, 3.8) is 0 Å². The van der Waals surface area contributed by atoms with E-state index in [0.29, 0.717) is 37.4 Å². The fourth-order valence-electron chi connectivity index (χ4n) is 5.16. The molecular weight excluding hydrogens is 506 g/mol. The lowest BCUT2D eigenvalue weighted by molar-refractivity contribution is 0.140. The van der Waals surface area contributed by atoms with Crippen LogP contribution in [0.2, 0.25) is 0 Å². The largest absolute Gasteiger partial charge is 0.493 e. The maximum Gasteiger partial charge on any atom is 0.316 e. The number of aromatic nitrogens is 2. The lowest BCUT2D eigenvalue weighted by atomic mass is 9.74.